The van der Waals surface area contributed by atoms with E-state index in [1.807, 2.05) is 13.8 Å². The van der Waals surface area contributed by atoms with E-state index < -0.39 is 57.3 Å². The Morgan fingerprint density at radius 1 is 1.12 bits per heavy atom. The van der Waals surface area contributed by atoms with E-state index in [1.165, 1.54) is 10.6 Å². The predicted molar refractivity (Wildman–Crippen MR) is 178 cm³/mol. The number of carbonyl (C=O) groups excluding carboxylic acids is 1. The topological polar surface area (TPSA) is 70.9 Å². The lowest BCUT2D eigenvalue weighted by molar-refractivity contribution is -0.140. The average molecular weight is 724 g/mol. The highest BCUT2D eigenvalue weighted by atomic mass is 35.5. The van der Waals surface area contributed by atoms with Crippen molar-refractivity contribution in [1.29, 1.82) is 0 Å². The number of anilines is 1. The lowest BCUT2D eigenvalue weighted by Gasteiger charge is -2.48. The van der Waals surface area contributed by atoms with Crippen LogP contribution in [0.3, 0.4) is 0 Å². The summed E-state index contributed by atoms with van der Waals surface area (Å²) in [6.45, 7) is 11.1. The Labute approximate surface area is 288 Å². The molecule has 0 bridgehead atoms. The Kier molecular flexibility index (Phi) is 8.76. The Morgan fingerprint density at radius 2 is 1.84 bits per heavy atom. The normalized spacial score (nSPS) is 24.0. The molecule has 5 heterocycles. The molecule has 262 valence electrons. The molecule has 0 aliphatic carbocycles. The standard InChI is InChI=1S/C34H35ClF5N5O3S/c1-4-27(46)43-12-19(3)44(13-18(43)2)31-22-9-23(34(38,39)40)28(21-10-24(35)26(37)11-25(21)36)30-29(22)45(32(47)41-31)20(15-49-30)14-42-7-5-33(6-8-42)16-48-17-33/h4,9-11,18-20H,1,5-8,12-17H2,2-3H3/t18-,19+,20+/m1/s1. The molecule has 7 rings (SSSR count). The molecule has 1 spiro atoms. The number of piperidine rings is 1. The number of carbonyl (C=O) groups is 1. The highest BCUT2D eigenvalue weighted by molar-refractivity contribution is 7.99. The fourth-order valence-corrected chi connectivity index (χ4v) is 9.17. The third kappa shape index (κ3) is 5.91. The Morgan fingerprint density at radius 3 is 2.47 bits per heavy atom. The van der Waals surface area contributed by atoms with Crippen LogP contribution in [0.2, 0.25) is 5.02 Å². The zero-order chi connectivity index (χ0) is 35.0. The van der Waals surface area contributed by atoms with E-state index in [1.54, 1.807) is 9.80 Å². The van der Waals surface area contributed by atoms with E-state index in [4.69, 9.17) is 16.3 Å². The van der Waals surface area contributed by atoms with Crippen molar-refractivity contribution in [2.75, 3.05) is 56.6 Å². The molecule has 0 N–H and O–H groups in total. The van der Waals surface area contributed by atoms with Gasteiger partial charge in [0.25, 0.3) is 0 Å². The van der Waals surface area contributed by atoms with Gasteiger partial charge in [-0.3, -0.25) is 9.36 Å². The summed E-state index contributed by atoms with van der Waals surface area (Å²) in [5.74, 6) is -2.30. The number of benzene rings is 2. The molecule has 3 fully saturated rings. The number of likely N-dealkylation sites (tertiary alicyclic amines) is 1. The van der Waals surface area contributed by atoms with Crippen molar-refractivity contribution in [1.82, 2.24) is 19.4 Å². The molecular weight excluding hydrogens is 689 g/mol. The Hall–Kier alpha value is -3.20. The van der Waals surface area contributed by atoms with Crippen LogP contribution in [0.25, 0.3) is 22.0 Å². The molecule has 0 radical (unpaired) electrons. The molecule has 3 saturated heterocycles. The second-order valence-corrected chi connectivity index (χ2v) is 15.1. The minimum absolute atomic E-state index is 0.0498. The summed E-state index contributed by atoms with van der Waals surface area (Å²) in [6.07, 6.45) is -1.86. The second-order valence-electron chi connectivity index (χ2n) is 13.7. The van der Waals surface area contributed by atoms with E-state index in [9.17, 15) is 14.0 Å². The molecule has 2 aromatic carbocycles. The zero-order valence-electron chi connectivity index (χ0n) is 27.0. The Bertz CT molecular complexity index is 1910. The molecular formula is C34H35ClF5N5O3S. The van der Waals surface area contributed by atoms with E-state index in [0.717, 1.165) is 63.0 Å². The smallest absolute Gasteiger partial charge is 0.380 e. The van der Waals surface area contributed by atoms with Crippen LogP contribution in [-0.4, -0.2) is 89.0 Å². The Balaban J connectivity index is 1.43. The monoisotopic (exact) mass is 723 g/mol. The molecule has 1 aromatic heterocycles. The number of halogens is 6. The molecule has 1 amide bonds. The van der Waals surface area contributed by atoms with E-state index >= 15 is 17.6 Å². The summed E-state index contributed by atoms with van der Waals surface area (Å²) in [5, 5.41) is -0.443. The minimum Gasteiger partial charge on any atom is -0.380 e. The first kappa shape index (κ1) is 34.3. The van der Waals surface area contributed by atoms with Crippen LogP contribution in [0.1, 0.15) is 38.3 Å². The number of aromatic nitrogens is 2. The van der Waals surface area contributed by atoms with Gasteiger partial charge in [-0.05, 0) is 58.0 Å². The van der Waals surface area contributed by atoms with Gasteiger partial charge in [-0.2, -0.15) is 18.2 Å². The van der Waals surface area contributed by atoms with Gasteiger partial charge in [0, 0.05) is 70.4 Å². The van der Waals surface area contributed by atoms with Crippen LogP contribution in [0.5, 0.6) is 0 Å². The second kappa shape index (κ2) is 12.5. The van der Waals surface area contributed by atoms with Crippen molar-refractivity contribution in [2.45, 2.75) is 55.9 Å². The number of hydrogen-bond acceptors (Lipinski definition) is 7. The van der Waals surface area contributed by atoms with Crippen LogP contribution in [0, 0.1) is 17.0 Å². The van der Waals surface area contributed by atoms with Crippen molar-refractivity contribution in [3.8, 4) is 11.1 Å². The lowest BCUT2D eigenvalue weighted by atomic mass is 9.77. The number of thioether (sulfide) groups is 1. The molecule has 15 heteroatoms. The van der Waals surface area contributed by atoms with E-state index in [0.29, 0.717) is 12.6 Å². The highest BCUT2D eigenvalue weighted by Crippen LogP contribution is 2.51. The fourth-order valence-electron chi connectivity index (χ4n) is 7.68. The average Bonchev–Trinajstić information content (AvgIpc) is 3.04. The molecule has 0 saturated carbocycles. The first-order valence-electron chi connectivity index (χ1n) is 16.2. The zero-order valence-corrected chi connectivity index (χ0v) is 28.5. The van der Waals surface area contributed by atoms with Gasteiger partial charge in [0.2, 0.25) is 5.91 Å². The van der Waals surface area contributed by atoms with Crippen molar-refractivity contribution >= 4 is 46.0 Å². The SMILES string of the molecule is C=CC(=O)N1C[C@H](C)N(c2nc(=O)n3c4c(c(-c5cc(Cl)c(F)cc5F)c(C(F)(F)F)cc24)SC[C@@H]3CN2CCC3(CC2)COC3)C[C@H]1C. The van der Waals surface area contributed by atoms with Gasteiger partial charge in [-0.25, -0.2) is 13.6 Å². The maximum absolute atomic E-state index is 15.5. The predicted octanol–water partition coefficient (Wildman–Crippen LogP) is 6.38. The number of piperazine rings is 1. The fraction of sp³-hybridized carbons (Fsp3) is 0.500. The molecule has 4 aliphatic rings. The molecule has 49 heavy (non-hydrogen) atoms. The molecule has 3 atom stereocenters. The van der Waals surface area contributed by atoms with Crippen LogP contribution in [-0.2, 0) is 15.7 Å². The molecule has 4 aliphatic heterocycles. The number of rotatable bonds is 5. The quantitative estimate of drug-likeness (QED) is 0.172. The van der Waals surface area contributed by atoms with E-state index in [-0.39, 0.29) is 57.8 Å². The number of hydrogen-bond donors (Lipinski definition) is 0. The van der Waals surface area contributed by atoms with Gasteiger partial charge in [0.1, 0.15) is 17.5 Å². The third-order valence-electron chi connectivity index (χ3n) is 10.4. The summed E-state index contributed by atoms with van der Waals surface area (Å²) in [4.78, 5) is 36.9. The first-order chi connectivity index (χ1) is 23.2. The van der Waals surface area contributed by atoms with Gasteiger partial charge in [0.15, 0.2) is 0 Å². The van der Waals surface area contributed by atoms with Gasteiger partial charge in [0.05, 0.1) is 35.4 Å². The van der Waals surface area contributed by atoms with Crippen LogP contribution < -0.4 is 10.6 Å². The lowest BCUT2D eigenvalue weighted by Crippen LogP contribution is -2.58. The third-order valence-corrected chi connectivity index (χ3v) is 12.0. The van der Waals surface area contributed by atoms with Crippen LogP contribution in [0.4, 0.5) is 27.8 Å². The number of alkyl halides is 3. The maximum Gasteiger partial charge on any atom is 0.417 e. The minimum atomic E-state index is -4.97. The van der Waals surface area contributed by atoms with Crippen molar-refractivity contribution in [3.05, 3.63) is 63.6 Å². The van der Waals surface area contributed by atoms with Gasteiger partial charge >= 0.3 is 11.9 Å². The maximum atomic E-state index is 15.5. The van der Waals surface area contributed by atoms with Crippen molar-refractivity contribution < 1.29 is 31.5 Å². The summed E-state index contributed by atoms with van der Waals surface area (Å²) in [7, 11) is 0. The summed E-state index contributed by atoms with van der Waals surface area (Å²) >= 11 is 7.12. The van der Waals surface area contributed by atoms with Gasteiger partial charge in [-0.15, -0.1) is 11.8 Å². The number of nitrogens with zero attached hydrogens (tertiary/aromatic N) is 5. The molecule has 0 unspecified atom stereocenters. The van der Waals surface area contributed by atoms with Crippen LogP contribution >= 0.6 is 23.4 Å². The highest BCUT2D eigenvalue weighted by Gasteiger charge is 2.44. The van der Waals surface area contributed by atoms with E-state index in [2.05, 4.69) is 16.5 Å². The van der Waals surface area contributed by atoms with Gasteiger partial charge < -0.3 is 19.4 Å². The largest absolute Gasteiger partial charge is 0.417 e. The van der Waals surface area contributed by atoms with Crippen LogP contribution in [0.15, 0.2) is 40.5 Å². The molecule has 8 nitrogen and oxygen atoms in total. The van der Waals surface area contributed by atoms with Gasteiger partial charge in [-0.1, -0.05) is 18.2 Å². The summed E-state index contributed by atoms with van der Waals surface area (Å²) in [5.41, 5.74) is -2.40. The number of ether oxygens (including phenoxy) is 1. The molecule has 3 aromatic rings. The number of amides is 1. The summed E-state index contributed by atoms with van der Waals surface area (Å²) in [6, 6.07) is 1.04. The first-order valence-corrected chi connectivity index (χ1v) is 17.6. The van der Waals surface area contributed by atoms with Crippen molar-refractivity contribution in [3.63, 3.8) is 0 Å². The van der Waals surface area contributed by atoms with Crippen molar-refractivity contribution in [2.24, 2.45) is 5.41 Å². The summed E-state index contributed by atoms with van der Waals surface area (Å²) < 4.78 is 81.8.